The van der Waals surface area contributed by atoms with Gasteiger partial charge in [0.2, 0.25) is 0 Å². The Hall–Kier alpha value is -0.930. The summed E-state index contributed by atoms with van der Waals surface area (Å²) in [6, 6.07) is 7.83. The van der Waals surface area contributed by atoms with E-state index in [0.717, 1.165) is 19.0 Å². The summed E-state index contributed by atoms with van der Waals surface area (Å²) in [7, 11) is 0. The highest BCUT2D eigenvalue weighted by Gasteiger charge is 2.23. The third-order valence-corrected chi connectivity index (χ3v) is 5.34. The summed E-state index contributed by atoms with van der Waals surface area (Å²) in [5.74, 6) is -0.137. The second kappa shape index (κ2) is 8.07. The summed E-state index contributed by atoms with van der Waals surface area (Å²) in [4.78, 5) is 5.34. The topological polar surface area (TPSA) is 6.48 Å². The average Bonchev–Trinajstić information content (AvgIpc) is 2.81. The van der Waals surface area contributed by atoms with Gasteiger partial charge in [-0.1, -0.05) is 31.4 Å². The van der Waals surface area contributed by atoms with Crippen molar-refractivity contribution in [1.29, 1.82) is 0 Å². The molecule has 0 radical (unpaired) electrons. The molecule has 0 spiro atoms. The van der Waals surface area contributed by atoms with E-state index in [-0.39, 0.29) is 5.82 Å². The molecule has 2 nitrogen and oxygen atoms in total. The maximum Gasteiger partial charge on any atom is 0.123 e. The molecule has 0 bridgehead atoms. The lowest BCUT2D eigenvalue weighted by Gasteiger charge is -2.33. The van der Waals surface area contributed by atoms with E-state index in [4.69, 9.17) is 0 Å². The van der Waals surface area contributed by atoms with Crippen LogP contribution in [0.3, 0.4) is 0 Å². The van der Waals surface area contributed by atoms with Crippen molar-refractivity contribution in [3.63, 3.8) is 0 Å². The van der Waals surface area contributed by atoms with Crippen LogP contribution in [0.25, 0.3) is 0 Å². The average molecular weight is 304 g/mol. The van der Waals surface area contributed by atoms with Crippen molar-refractivity contribution in [2.24, 2.45) is 0 Å². The van der Waals surface area contributed by atoms with Crippen LogP contribution in [0.4, 0.5) is 4.39 Å². The zero-order valence-electron chi connectivity index (χ0n) is 13.6. The third-order valence-electron chi connectivity index (χ3n) is 5.34. The predicted octanol–water partition coefficient (Wildman–Crippen LogP) is 3.71. The van der Waals surface area contributed by atoms with Crippen LogP contribution in [0.2, 0.25) is 0 Å². The van der Waals surface area contributed by atoms with Crippen LogP contribution in [0.15, 0.2) is 24.3 Å². The molecular formula is C19H29FN2. The van der Waals surface area contributed by atoms with Gasteiger partial charge in [0.25, 0.3) is 0 Å². The normalized spacial score (nSPS) is 22.6. The molecule has 1 saturated heterocycles. The Bertz CT molecular complexity index is 439. The van der Waals surface area contributed by atoms with Crippen molar-refractivity contribution in [2.45, 2.75) is 51.0 Å². The number of hydrogen-bond acceptors (Lipinski definition) is 2. The molecule has 0 unspecified atom stereocenters. The molecule has 22 heavy (non-hydrogen) atoms. The van der Waals surface area contributed by atoms with Gasteiger partial charge in [0.05, 0.1) is 0 Å². The maximum atomic E-state index is 12.9. The second-order valence-corrected chi connectivity index (χ2v) is 6.90. The third kappa shape index (κ3) is 4.53. The molecule has 2 fully saturated rings. The maximum absolute atomic E-state index is 12.9. The zero-order chi connectivity index (χ0) is 15.2. The molecule has 1 heterocycles. The monoisotopic (exact) mass is 304 g/mol. The first-order valence-corrected chi connectivity index (χ1v) is 9.02. The standard InChI is InChI=1S/C19H29FN2/c20-18-9-7-17(8-10-18)11-14-21-12-4-13-22(16-15-21)19-5-2-1-3-6-19/h7-10,19H,1-6,11-16H2. The molecule has 3 rings (SSSR count). The van der Waals surface area contributed by atoms with Gasteiger partial charge in [-0.2, -0.15) is 0 Å². The van der Waals surface area contributed by atoms with Crippen molar-refractivity contribution in [3.05, 3.63) is 35.6 Å². The van der Waals surface area contributed by atoms with Gasteiger partial charge >= 0.3 is 0 Å². The molecule has 1 aromatic rings. The molecule has 1 aliphatic carbocycles. The second-order valence-electron chi connectivity index (χ2n) is 6.90. The molecule has 0 aromatic heterocycles. The molecule has 0 amide bonds. The summed E-state index contributed by atoms with van der Waals surface area (Å²) >= 11 is 0. The van der Waals surface area contributed by atoms with Gasteiger partial charge in [-0.05, 0) is 56.5 Å². The van der Waals surface area contributed by atoms with E-state index >= 15 is 0 Å². The van der Waals surface area contributed by atoms with Crippen LogP contribution in [0, 0.1) is 5.82 Å². The molecule has 3 heteroatoms. The first-order valence-electron chi connectivity index (χ1n) is 9.02. The predicted molar refractivity (Wildman–Crippen MR) is 89.6 cm³/mol. The highest BCUT2D eigenvalue weighted by molar-refractivity contribution is 5.16. The first-order chi connectivity index (χ1) is 10.8. The molecule has 1 aliphatic heterocycles. The Kier molecular flexibility index (Phi) is 5.85. The summed E-state index contributed by atoms with van der Waals surface area (Å²) in [6.45, 7) is 6.01. The zero-order valence-corrected chi connectivity index (χ0v) is 13.6. The van der Waals surface area contributed by atoms with Crippen molar-refractivity contribution in [1.82, 2.24) is 9.80 Å². The summed E-state index contributed by atoms with van der Waals surface area (Å²) < 4.78 is 12.9. The van der Waals surface area contributed by atoms with Crippen LogP contribution < -0.4 is 0 Å². The fourth-order valence-corrected chi connectivity index (χ4v) is 3.96. The van der Waals surface area contributed by atoms with E-state index in [0.29, 0.717) is 0 Å². The minimum Gasteiger partial charge on any atom is -0.302 e. The molecule has 1 saturated carbocycles. The number of halogens is 1. The Labute approximate surface area is 134 Å². The van der Waals surface area contributed by atoms with Crippen molar-refractivity contribution >= 4 is 0 Å². The summed E-state index contributed by atoms with van der Waals surface area (Å²) in [5.41, 5.74) is 1.25. The minimum absolute atomic E-state index is 0.137. The number of hydrogen-bond donors (Lipinski definition) is 0. The lowest BCUT2D eigenvalue weighted by molar-refractivity contribution is 0.159. The van der Waals surface area contributed by atoms with Gasteiger partial charge in [0.1, 0.15) is 5.82 Å². The van der Waals surface area contributed by atoms with Gasteiger partial charge in [-0.3, -0.25) is 4.90 Å². The number of benzene rings is 1. The first kappa shape index (κ1) is 15.9. The lowest BCUT2D eigenvalue weighted by Crippen LogP contribution is -2.39. The van der Waals surface area contributed by atoms with Gasteiger partial charge in [-0.15, -0.1) is 0 Å². The van der Waals surface area contributed by atoms with Crippen molar-refractivity contribution in [2.75, 3.05) is 32.7 Å². The Morgan fingerprint density at radius 1 is 0.864 bits per heavy atom. The largest absolute Gasteiger partial charge is 0.302 e. The van der Waals surface area contributed by atoms with Crippen LogP contribution in [0.1, 0.15) is 44.1 Å². The fourth-order valence-electron chi connectivity index (χ4n) is 3.96. The van der Waals surface area contributed by atoms with Crippen molar-refractivity contribution in [3.8, 4) is 0 Å². The minimum atomic E-state index is -0.137. The lowest BCUT2D eigenvalue weighted by atomic mass is 9.94. The summed E-state index contributed by atoms with van der Waals surface area (Å²) in [5, 5.41) is 0. The van der Waals surface area contributed by atoms with Gasteiger partial charge in [0, 0.05) is 25.7 Å². The van der Waals surface area contributed by atoms with Crippen LogP contribution in [0.5, 0.6) is 0 Å². The van der Waals surface area contributed by atoms with E-state index < -0.39 is 0 Å². The Balaban J connectivity index is 1.44. The highest BCUT2D eigenvalue weighted by atomic mass is 19.1. The van der Waals surface area contributed by atoms with E-state index in [1.54, 1.807) is 12.1 Å². The quantitative estimate of drug-likeness (QED) is 0.837. The van der Waals surface area contributed by atoms with Gasteiger partial charge in [-0.25, -0.2) is 4.39 Å². The Morgan fingerprint density at radius 3 is 2.41 bits per heavy atom. The van der Waals surface area contributed by atoms with E-state index in [2.05, 4.69) is 9.80 Å². The molecule has 0 atom stereocenters. The molecule has 122 valence electrons. The smallest absolute Gasteiger partial charge is 0.123 e. The van der Waals surface area contributed by atoms with Crippen LogP contribution in [-0.4, -0.2) is 48.6 Å². The molecule has 0 N–H and O–H groups in total. The van der Waals surface area contributed by atoms with Gasteiger partial charge in [0.15, 0.2) is 0 Å². The molecule has 1 aromatic carbocycles. The van der Waals surface area contributed by atoms with Crippen LogP contribution >= 0.6 is 0 Å². The molecular weight excluding hydrogens is 275 g/mol. The summed E-state index contributed by atoms with van der Waals surface area (Å²) in [6.07, 6.45) is 9.44. The SMILES string of the molecule is Fc1ccc(CCN2CCCN(C3CCCCC3)CC2)cc1. The number of rotatable bonds is 4. The highest BCUT2D eigenvalue weighted by Crippen LogP contribution is 2.23. The Morgan fingerprint density at radius 2 is 1.64 bits per heavy atom. The fraction of sp³-hybridized carbons (Fsp3) is 0.684. The number of nitrogens with zero attached hydrogens (tertiary/aromatic N) is 2. The van der Waals surface area contributed by atoms with Crippen molar-refractivity contribution < 1.29 is 4.39 Å². The van der Waals surface area contributed by atoms with E-state index in [9.17, 15) is 4.39 Å². The molecule has 2 aliphatic rings. The van der Waals surface area contributed by atoms with Crippen LogP contribution in [-0.2, 0) is 6.42 Å². The van der Waals surface area contributed by atoms with E-state index in [1.807, 2.05) is 12.1 Å². The van der Waals surface area contributed by atoms with Gasteiger partial charge < -0.3 is 4.90 Å². The van der Waals surface area contributed by atoms with E-state index in [1.165, 1.54) is 70.3 Å².